The molecule has 2 aromatic rings. The molecule has 7 nitrogen and oxygen atoms in total. The first kappa shape index (κ1) is 18.1. The van der Waals surface area contributed by atoms with Crippen molar-refractivity contribution in [2.75, 3.05) is 12.0 Å². The molecule has 6 rings (SSSR count). The lowest BCUT2D eigenvalue weighted by Gasteiger charge is -2.26. The number of oxime groups is 1. The van der Waals surface area contributed by atoms with Crippen molar-refractivity contribution >= 4 is 39.1 Å². The van der Waals surface area contributed by atoms with Gasteiger partial charge in [0.05, 0.1) is 42.4 Å². The zero-order valence-corrected chi connectivity index (χ0v) is 17.5. The molecule has 4 aliphatic rings. The predicted octanol–water partition coefficient (Wildman–Crippen LogP) is 2.76. The molecular formula is C22H17BrN2O5. The number of benzene rings is 2. The van der Waals surface area contributed by atoms with E-state index < -0.39 is 24.0 Å². The second-order valence-electron chi connectivity index (χ2n) is 7.91. The number of nitrogens with zero attached hydrogens (tertiary/aromatic N) is 2. The van der Waals surface area contributed by atoms with E-state index in [0.29, 0.717) is 5.69 Å². The summed E-state index contributed by atoms with van der Waals surface area (Å²) >= 11 is 3.39. The minimum Gasteiger partial charge on any atom is -0.497 e. The van der Waals surface area contributed by atoms with E-state index in [4.69, 9.17) is 14.3 Å². The molecule has 2 bridgehead atoms. The van der Waals surface area contributed by atoms with Gasteiger partial charge in [0, 0.05) is 10.0 Å². The maximum atomic E-state index is 13.3. The molecule has 0 spiro atoms. The Morgan fingerprint density at radius 2 is 1.57 bits per heavy atom. The molecule has 4 aliphatic heterocycles. The highest BCUT2D eigenvalue weighted by molar-refractivity contribution is 9.10. The van der Waals surface area contributed by atoms with Crippen molar-refractivity contribution in [2.45, 2.75) is 18.3 Å². The van der Waals surface area contributed by atoms with Gasteiger partial charge in [-0.05, 0) is 48.5 Å². The lowest BCUT2D eigenvalue weighted by molar-refractivity contribution is -0.125. The summed E-state index contributed by atoms with van der Waals surface area (Å²) in [6.45, 7) is 0. The van der Waals surface area contributed by atoms with E-state index >= 15 is 0 Å². The minimum absolute atomic E-state index is 0.175. The summed E-state index contributed by atoms with van der Waals surface area (Å²) in [5, 5.41) is 4.31. The number of ether oxygens (including phenoxy) is 2. The zero-order chi connectivity index (χ0) is 20.6. The SMILES string of the molecule is COc1ccc(C2=NOC3C4OC(C23)C2C(=O)N(c3ccc(Br)cc3)C(=O)C42)cc1. The average Bonchev–Trinajstić information content (AvgIpc) is 3.49. The molecule has 2 aromatic carbocycles. The van der Waals surface area contributed by atoms with Crippen molar-refractivity contribution in [3.63, 3.8) is 0 Å². The van der Waals surface area contributed by atoms with Gasteiger partial charge in [-0.2, -0.15) is 0 Å². The van der Waals surface area contributed by atoms with E-state index in [2.05, 4.69) is 21.1 Å². The molecule has 6 atom stereocenters. The van der Waals surface area contributed by atoms with Gasteiger partial charge in [0.2, 0.25) is 11.8 Å². The van der Waals surface area contributed by atoms with E-state index in [1.165, 1.54) is 4.90 Å². The van der Waals surface area contributed by atoms with Crippen LogP contribution < -0.4 is 9.64 Å². The van der Waals surface area contributed by atoms with Crippen molar-refractivity contribution in [1.82, 2.24) is 0 Å². The van der Waals surface area contributed by atoms with Crippen molar-refractivity contribution in [3.8, 4) is 5.75 Å². The normalized spacial score (nSPS) is 33.4. The molecule has 6 unspecified atom stereocenters. The number of carbonyl (C=O) groups excluding carboxylic acids is 2. The van der Waals surface area contributed by atoms with E-state index in [1.807, 2.05) is 36.4 Å². The summed E-state index contributed by atoms with van der Waals surface area (Å²) in [7, 11) is 1.62. The van der Waals surface area contributed by atoms with Crippen molar-refractivity contribution in [1.29, 1.82) is 0 Å². The molecule has 3 saturated heterocycles. The van der Waals surface area contributed by atoms with Crippen LogP contribution in [0.15, 0.2) is 58.2 Å². The maximum absolute atomic E-state index is 13.3. The summed E-state index contributed by atoms with van der Waals surface area (Å²) < 4.78 is 12.3. The highest BCUT2D eigenvalue weighted by atomic mass is 79.9. The topological polar surface area (TPSA) is 77.4 Å². The van der Waals surface area contributed by atoms with Gasteiger partial charge in [-0.1, -0.05) is 21.1 Å². The van der Waals surface area contributed by atoms with Crippen LogP contribution in [-0.4, -0.2) is 42.9 Å². The molecule has 0 radical (unpaired) electrons. The van der Waals surface area contributed by atoms with Crippen LogP contribution in [0.25, 0.3) is 0 Å². The van der Waals surface area contributed by atoms with Gasteiger partial charge >= 0.3 is 0 Å². The highest BCUT2D eigenvalue weighted by Crippen LogP contribution is 2.55. The Bertz CT molecular complexity index is 1080. The fourth-order valence-corrected chi connectivity index (χ4v) is 5.47. The number of rotatable bonds is 3. The van der Waals surface area contributed by atoms with Crippen LogP contribution in [-0.2, 0) is 19.2 Å². The largest absolute Gasteiger partial charge is 0.497 e. The third kappa shape index (κ3) is 2.31. The highest BCUT2D eigenvalue weighted by Gasteiger charge is 2.72. The van der Waals surface area contributed by atoms with Gasteiger partial charge in [0.25, 0.3) is 0 Å². The Morgan fingerprint density at radius 3 is 2.23 bits per heavy atom. The first-order valence-electron chi connectivity index (χ1n) is 9.75. The van der Waals surface area contributed by atoms with Gasteiger partial charge in [0.15, 0.2) is 6.10 Å². The molecule has 0 aliphatic carbocycles. The number of amides is 2. The Balaban J connectivity index is 1.33. The molecule has 30 heavy (non-hydrogen) atoms. The quantitative estimate of drug-likeness (QED) is 0.647. The molecule has 152 valence electrons. The van der Waals surface area contributed by atoms with Gasteiger partial charge < -0.3 is 14.3 Å². The summed E-state index contributed by atoms with van der Waals surface area (Å²) in [6, 6.07) is 14.7. The van der Waals surface area contributed by atoms with Crippen LogP contribution in [0.4, 0.5) is 5.69 Å². The van der Waals surface area contributed by atoms with Crippen molar-refractivity contribution in [2.24, 2.45) is 22.9 Å². The van der Waals surface area contributed by atoms with Crippen LogP contribution in [0.2, 0.25) is 0 Å². The predicted molar refractivity (Wildman–Crippen MR) is 110 cm³/mol. The van der Waals surface area contributed by atoms with Crippen LogP contribution in [0.3, 0.4) is 0 Å². The Kier molecular flexibility index (Phi) is 3.85. The smallest absolute Gasteiger partial charge is 0.240 e. The van der Waals surface area contributed by atoms with E-state index in [0.717, 1.165) is 21.5 Å². The number of imide groups is 1. The van der Waals surface area contributed by atoms with Crippen molar-refractivity contribution < 1.29 is 23.9 Å². The summed E-state index contributed by atoms with van der Waals surface area (Å²) in [5.74, 6) is -0.901. The number of halogens is 1. The molecule has 2 amide bonds. The van der Waals surface area contributed by atoms with E-state index in [1.54, 1.807) is 19.2 Å². The van der Waals surface area contributed by atoms with Crippen molar-refractivity contribution in [3.05, 3.63) is 58.6 Å². The van der Waals surface area contributed by atoms with Crippen LogP contribution in [0.1, 0.15) is 5.56 Å². The first-order valence-corrected chi connectivity index (χ1v) is 10.5. The van der Waals surface area contributed by atoms with E-state index in [9.17, 15) is 9.59 Å². The van der Waals surface area contributed by atoms with Gasteiger partial charge in [-0.15, -0.1) is 0 Å². The minimum atomic E-state index is -0.530. The lowest BCUT2D eigenvalue weighted by Crippen LogP contribution is -2.45. The third-order valence-electron chi connectivity index (χ3n) is 6.51. The monoisotopic (exact) mass is 468 g/mol. The van der Waals surface area contributed by atoms with Crippen LogP contribution in [0, 0.1) is 17.8 Å². The summed E-state index contributed by atoms with van der Waals surface area (Å²) in [4.78, 5) is 33.5. The fraction of sp³-hybridized carbons (Fsp3) is 0.318. The Morgan fingerprint density at radius 1 is 0.900 bits per heavy atom. The van der Waals surface area contributed by atoms with Gasteiger partial charge in [-0.3, -0.25) is 9.59 Å². The maximum Gasteiger partial charge on any atom is 0.240 e. The number of hydrogen-bond acceptors (Lipinski definition) is 6. The number of fused-ring (bicyclic) bond motifs is 8. The van der Waals surface area contributed by atoms with E-state index in [-0.39, 0.29) is 23.8 Å². The summed E-state index contributed by atoms with van der Waals surface area (Å²) in [5.41, 5.74) is 2.24. The number of methoxy groups -OCH3 is 1. The average molecular weight is 469 g/mol. The molecule has 4 heterocycles. The standard InChI is InChI=1S/C22H17BrN2O5/c1-28-13-8-2-10(3-9-13)17-16-18-14-15(19(29-18)20(16)30-24-17)22(27)25(21(14)26)12-6-4-11(23)5-7-12/h2-9,14-16,18-20H,1H3. The number of anilines is 1. The Hall–Kier alpha value is -2.71. The van der Waals surface area contributed by atoms with Crippen LogP contribution >= 0.6 is 15.9 Å². The summed E-state index contributed by atoms with van der Waals surface area (Å²) in [6.07, 6.45) is -1.25. The number of hydrogen-bond donors (Lipinski definition) is 0. The third-order valence-corrected chi connectivity index (χ3v) is 7.04. The second-order valence-corrected chi connectivity index (χ2v) is 8.82. The zero-order valence-electron chi connectivity index (χ0n) is 15.9. The Labute approximate surface area is 180 Å². The molecule has 8 heteroatoms. The molecular weight excluding hydrogens is 452 g/mol. The van der Waals surface area contributed by atoms with Crippen LogP contribution in [0.5, 0.6) is 5.75 Å². The molecule has 3 fully saturated rings. The fourth-order valence-electron chi connectivity index (χ4n) is 5.20. The molecule has 0 saturated carbocycles. The molecule has 0 N–H and O–H groups in total. The van der Waals surface area contributed by atoms with Gasteiger partial charge in [0.1, 0.15) is 11.9 Å². The first-order chi connectivity index (χ1) is 14.6. The number of carbonyl (C=O) groups is 2. The second kappa shape index (κ2) is 6.39. The lowest BCUT2D eigenvalue weighted by atomic mass is 9.71. The van der Waals surface area contributed by atoms with Gasteiger partial charge in [-0.25, -0.2) is 4.90 Å². The molecule has 0 aromatic heterocycles.